The Morgan fingerprint density at radius 2 is 1.89 bits per heavy atom. The highest BCUT2D eigenvalue weighted by Gasteiger charge is 2.04. The van der Waals surface area contributed by atoms with Crippen molar-refractivity contribution < 1.29 is 9.57 Å². The summed E-state index contributed by atoms with van der Waals surface area (Å²) in [4.78, 5) is 8.79. The molecule has 1 aromatic carbocycles. The molecule has 0 bridgehead atoms. The first-order chi connectivity index (χ1) is 8.67. The molecule has 1 aromatic heterocycles. The van der Waals surface area contributed by atoms with Crippen LogP contribution in [0.25, 0.3) is 0 Å². The van der Waals surface area contributed by atoms with Crippen molar-refractivity contribution in [2.24, 2.45) is 5.90 Å². The maximum atomic E-state index is 5.87. The number of thiazole rings is 1. The van der Waals surface area contributed by atoms with Crippen LogP contribution in [0.15, 0.2) is 23.6 Å². The molecule has 2 aromatic rings. The fourth-order valence-corrected chi connectivity index (χ4v) is 2.52. The predicted molar refractivity (Wildman–Crippen MR) is 71.9 cm³/mol. The summed E-state index contributed by atoms with van der Waals surface area (Å²) >= 11 is 13.2. The molecule has 0 saturated carbocycles. The first kappa shape index (κ1) is 13.6. The third-order valence-corrected chi connectivity index (χ3v) is 3.34. The Hall–Kier alpha value is -0.850. The lowest BCUT2D eigenvalue weighted by molar-refractivity contribution is 0.121. The number of aromatic nitrogens is 1. The zero-order valence-corrected chi connectivity index (χ0v) is 11.6. The zero-order valence-electron chi connectivity index (χ0n) is 9.23. The van der Waals surface area contributed by atoms with Crippen molar-refractivity contribution in [2.45, 2.75) is 13.2 Å². The largest absolute Gasteiger partial charge is 0.486 e. The molecule has 0 spiro atoms. The number of benzene rings is 1. The van der Waals surface area contributed by atoms with Crippen LogP contribution >= 0.6 is 34.5 Å². The third-order valence-electron chi connectivity index (χ3n) is 2.03. The van der Waals surface area contributed by atoms with Gasteiger partial charge in [0.2, 0.25) is 0 Å². The molecular formula is C11H10Cl2N2O2S. The zero-order chi connectivity index (χ0) is 13.0. The van der Waals surface area contributed by atoms with Crippen LogP contribution in [0.1, 0.15) is 10.7 Å². The number of hydrogen-bond donors (Lipinski definition) is 1. The summed E-state index contributed by atoms with van der Waals surface area (Å²) < 4.78 is 5.55. The minimum Gasteiger partial charge on any atom is -0.486 e. The van der Waals surface area contributed by atoms with Crippen LogP contribution in [-0.4, -0.2) is 4.98 Å². The Labute approximate surface area is 118 Å². The standard InChI is InChI=1S/C11H10Cl2N2O2S/c12-7-1-8(13)3-10(2-7)16-5-11-15-9(4-17-14)6-18-11/h1-3,6H,4-5,14H2. The first-order valence-corrected chi connectivity index (χ1v) is 6.65. The summed E-state index contributed by atoms with van der Waals surface area (Å²) in [6.45, 7) is 0.644. The smallest absolute Gasteiger partial charge is 0.140 e. The topological polar surface area (TPSA) is 57.4 Å². The van der Waals surface area contributed by atoms with E-state index in [4.69, 9.17) is 33.8 Å². The van der Waals surface area contributed by atoms with Crippen LogP contribution in [-0.2, 0) is 18.1 Å². The molecule has 1 heterocycles. The molecule has 0 aliphatic rings. The monoisotopic (exact) mass is 304 g/mol. The SMILES string of the molecule is NOCc1csc(COc2cc(Cl)cc(Cl)c2)n1. The average Bonchev–Trinajstić information content (AvgIpc) is 2.74. The highest BCUT2D eigenvalue weighted by atomic mass is 35.5. The van der Waals surface area contributed by atoms with Crippen LogP contribution in [0.3, 0.4) is 0 Å². The summed E-state index contributed by atoms with van der Waals surface area (Å²) in [6, 6.07) is 5.05. The fraction of sp³-hybridized carbons (Fsp3) is 0.182. The van der Waals surface area contributed by atoms with Crippen molar-refractivity contribution in [1.29, 1.82) is 0 Å². The summed E-state index contributed by atoms with van der Waals surface area (Å²) in [5.41, 5.74) is 0.783. The van der Waals surface area contributed by atoms with Crippen molar-refractivity contribution in [1.82, 2.24) is 4.98 Å². The molecular weight excluding hydrogens is 295 g/mol. The first-order valence-electron chi connectivity index (χ1n) is 5.01. The summed E-state index contributed by atoms with van der Waals surface area (Å²) in [5.74, 6) is 5.58. The quantitative estimate of drug-likeness (QED) is 0.860. The Morgan fingerprint density at radius 3 is 2.56 bits per heavy atom. The lowest BCUT2D eigenvalue weighted by Gasteiger charge is -2.05. The second-order valence-electron chi connectivity index (χ2n) is 3.44. The van der Waals surface area contributed by atoms with Gasteiger partial charge in [-0.2, -0.15) is 0 Å². The normalized spacial score (nSPS) is 10.6. The van der Waals surface area contributed by atoms with E-state index in [0.717, 1.165) is 10.7 Å². The molecule has 0 aliphatic carbocycles. The van der Waals surface area contributed by atoms with Crippen molar-refractivity contribution in [3.8, 4) is 5.75 Å². The Kier molecular flexibility index (Phi) is 4.79. The van der Waals surface area contributed by atoms with Crippen LogP contribution in [0.4, 0.5) is 0 Å². The van der Waals surface area contributed by atoms with E-state index in [-0.39, 0.29) is 0 Å². The minimum absolute atomic E-state index is 0.291. The van der Waals surface area contributed by atoms with Gasteiger partial charge < -0.3 is 4.74 Å². The van der Waals surface area contributed by atoms with Gasteiger partial charge in [-0.1, -0.05) is 23.2 Å². The van der Waals surface area contributed by atoms with E-state index in [1.165, 1.54) is 11.3 Å². The molecule has 0 aliphatic heterocycles. The van der Waals surface area contributed by atoms with Crippen LogP contribution in [0.5, 0.6) is 5.75 Å². The van der Waals surface area contributed by atoms with Crippen molar-refractivity contribution in [2.75, 3.05) is 0 Å². The van der Waals surface area contributed by atoms with E-state index in [0.29, 0.717) is 29.0 Å². The molecule has 96 valence electrons. The van der Waals surface area contributed by atoms with Crippen LogP contribution < -0.4 is 10.6 Å². The molecule has 4 nitrogen and oxygen atoms in total. The second kappa shape index (κ2) is 6.36. The summed E-state index contributed by atoms with van der Waals surface area (Å²) in [5, 5.41) is 3.78. The number of nitrogens with two attached hydrogens (primary N) is 1. The van der Waals surface area contributed by atoms with E-state index < -0.39 is 0 Å². The van der Waals surface area contributed by atoms with Gasteiger partial charge in [0, 0.05) is 15.4 Å². The van der Waals surface area contributed by atoms with Gasteiger partial charge >= 0.3 is 0 Å². The van der Waals surface area contributed by atoms with Crippen molar-refractivity contribution in [3.05, 3.63) is 44.3 Å². The number of hydrogen-bond acceptors (Lipinski definition) is 5. The average molecular weight is 305 g/mol. The van der Waals surface area contributed by atoms with Crippen molar-refractivity contribution in [3.63, 3.8) is 0 Å². The Bertz CT molecular complexity index is 513. The molecule has 0 fully saturated rings. The Morgan fingerprint density at radius 1 is 1.17 bits per heavy atom. The van der Waals surface area contributed by atoms with Gasteiger partial charge in [-0.15, -0.1) is 11.3 Å². The third kappa shape index (κ3) is 3.83. The number of rotatable bonds is 5. The maximum Gasteiger partial charge on any atom is 0.140 e. The molecule has 0 atom stereocenters. The van der Waals surface area contributed by atoms with Gasteiger partial charge in [0.05, 0.1) is 5.69 Å². The minimum atomic E-state index is 0.291. The maximum absolute atomic E-state index is 5.87. The van der Waals surface area contributed by atoms with Gasteiger partial charge in [0.25, 0.3) is 0 Å². The van der Waals surface area contributed by atoms with Gasteiger partial charge in [-0.25, -0.2) is 10.9 Å². The second-order valence-corrected chi connectivity index (χ2v) is 5.25. The van der Waals surface area contributed by atoms with Crippen LogP contribution in [0.2, 0.25) is 10.0 Å². The highest BCUT2D eigenvalue weighted by Crippen LogP contribution is 2.25. The lowest BCUT2D eigenvalue weighted by Crippen LogP contribution is -2.00. The lowest BCUT2D eigenvalue weighted by atomic mass is 10.3. The predicted octanol–water partition coefficient (Wildman–Crippen LogP) is 3.42. The van der Waals surface area contributed by atoms with Crippen LogP contribution in [0, 0.1) is 0 Å². The fourth-order valence-electron chi connectivity index (χ4n) is 1.32. The molecule has 0 unspecified atom stereocenters. The molecule has 2 N–H and O–H groups in total. The highest BCUT2D eigenvalue weighted by molar-refractivity contribution is 7.09. The summed E-state index contributed by atoms with van der Waals surface area (Å²) in [7, 11) is 0. The van der Waals surface area contributed by atoms with Gasteiger partial charge in [0.15, 0.2) is 0 Å². The Balaban J connectivity index is 1.97. The van der Waals surface area contributed by atoms with E-state index in [1.54, 1.807) is 18.2 Å². The molecule has 0 amide bonds. The molecule has 18 heavy (non-hydrogen) atoms. The van der Waals surface area contributed by atoms with E-state index >= 15 is 0 Å². The molecule has 7 heteroatoms. The van der Waals surface area contributed by atoms with Crippen molar-refractivity contribution >= 4 is 34.5 Å². The molecule has 2 rings (SSSR count). The number of nitrogens with zero attached hydrogens (tertiary/aromatic N) is 1. The number of ether oxygens (including phenoxy) is 1. The number of halogens is 2. The van der Waals surface area contributed by atoms with Gasteiger partial charge in [0.1, 0.15) is 24.0 Å². The molecule has 0 saturated heterocycles. The van der Waals surface area contributed by atoms with E-state index in [1.807, 2.05) is 5.38 Å². The van der Waals surface area contributed by atoms with E-state index in [9.17, 15) is 0 Å². The van der Waals surface area contributed by atoms with Gasteiger partial charge in [-0.05, 0) is 18.2 Å². The van der Waals surface area contributed by atoms with E-state index in [2.05, 4.69) is 9.82 Å². The van der Waals surface area contributed by atoms with Gasteiger partial charge in [-0.3, -0.25) is 4.84 Å². The molecule has 0 radical (unpaired) electrons. The summed E-state index contributed by atoms with van der Waals surface area (Å²) in [6.07, 6.45) is 0.